The maximum absolute atomic E-state index is 14.0. The molecule has 0 spiro atoms. The highest BCUT2D eigenvalue weighted by Crippen LogP contribution is 2.28. The number of carbonyl (C=O) groups is 1. The molecule has 0 aliphatic rings. The summed E-state index contributed by atoms with van der Waals surface area (Å²) in [7, 11) is 0. The van der Waals surface area contributed by atoms with Crippen molar-refractivity contribution in [3.63, 3.8) is 0 Å². The molecule has 1 amide bonds. The molecule has 0 saturated heterocycles. The van der Waals surface area contributed by atoms with Crippen molar-refractivity contribution in [3.8, 4) is 0 Å². The lowest BCUT2D eigenvalue weighted by Crippen LogP contribution is -2.18. The molecule has 0 aromatic heterocycles. The summed E-state index contributed by atoms with van der Waals surface area (Å²) in [5.74, 6) is -2.37. The SMILES string of the molecule is Nc1ccc(NC(=O)Cc2c(F)ccc(Cl)c2F)cc1C(N)c1ccccc1. The van der Waals surface area contributed by atoms with E-state index in [0.717, 1.165) is 17.7 Å². The average Bonchev–Trinajstić information content (AvgIpc) is 2.70. The van der Waals surface area contributed by atoms with Crippen LogP contribution in [-0.2, 0) is 11.2 Å². The normalized spacial score (nSPS) is 11.9. The van der Waals surface area contributed by atoms with Gasteiger partial charge in [-0.05, 0) is 41.5 Å². The van der Waals surface area contributed by atoms with Crippen molar-refractivity contribution in [1.29, 1.82) is 0 Å². The number of amides is 1. The van der Waals surface area contributed by atoms with Crippen molar-refractivity contribution >= 4 is 28.9 Å². The molecule has 0 heterocycles. The minimum absolute atomic E-state index is 0.243. The number of rotatable bonds is 5. The number of anilines is 2. The van der Waals surface area contributed by atoms with Gasteiger partial charge in [-0.25, -0.2) is 8.78 Å². The molecule has 0 fully saturated rings. The Hall–Kier alpha value is -2.96. The molecule has 0 saturated carbocycles. The van der Waals surface area contributed by atoms with Gasteiger partial charge in [-0.1, -0.05) is 41.9 Å². The standard InChI is InChI=1S/C21H18ClF2N3O/c22-16-7-8-17(23)14(20(16)24)11-19(28)27-13-6-9-18(25)15(10-13)21(26)12-4-2-1-3-5-12/h1-10,21H,11,25-26H2,(H,27,28). The molecule has 4 nitrogen and oxygen atoms in total. The predicted molar refractivity (Wildman–Crippen MR) is 107 cm³/mol. The first-order valence-corrected chi connectivity index (χ1v) is 8.86. The van der Waals surface area contributed by atoms with Gasteiger partial charge in [0, 0.05) is 16.9 Å². The molecule has 5 N–H and O–H groups in total. The Labute approximate surface area is 166 Å². The van der Waals surface area contributed by atoms with Gasteiger partial charge in [-0.15, -0.1) is 0 Å². The molecule has 0 aliphatic carbocycles. The fraction of sp³-hybridized carbons (Fsp3) is 0.0952. The molecule has 0 bridgehead atoms. The Morgan fingerprint density at radius 2 is 1.79 bits per heavy atom. The molecule has 1 unspecified atom stereocenters. The molecule has 3 aromatic rings. The van der Waals surface area contributed by atoms with E-state index in [9.17, 15) is 13.6 Å². The third kappa shape index (κ3) is 4.30. The van der Waals surface area contributed by atoms with Crippen LogP contribution in [0.15, 0.2) is 60.7 Å². The number of benzene rings is 3. The predicted octanol–water partition coefficient (Wildman–Crippen LogP) is 4.43. The van der Waals surface area contributed by atoms with Crippen LogP contribution in [0.2, 0.25) is 5.02 Å². The van der Waals surface area contributed by atoms with E-state index in [4.69, 9.17) is 23.1 Å². The van der Waals surface area contributed by atoms with Crippen molar-refractivity contribution in [3.05, 3.63) is 94.0 Å². The number of halogens is 3. The molecule has 28 heavy (non-hydrogen) atoms. The Morgan fingerprint density at radius 1 is 1.07 bits per heavy atom. The van der Waals surface area contributed by atoms with E-state index in [1.54, 1.807) is 18.2 Å². The van der Waals surface area contributed by atoms with Crippen LogP contribution in [0.4, 0.5) is 20.2 Å². The van der Waals surface area contributed by atoms with E-state index in [1.807, 2.05) is 30.3 Å². The molecule has 1 atom stereocenters. The number of hydrogen-bond acceptors (Lipinski definition) is 3. The van der Waals surface area contributed by atoms with Crippen LogP contribution in [0.25, 0.3) is 0 Å². The van der Waals surface area contributed by atoms with E-state index in [-0.39, 0.29) is 10.6 Å². The van der Waals surface area contributed by atoms with E-state index in [0.29, 0.717) is 16.9 Å². The zero-order valence-electron chi connectivity index (χ0n) is 14.8. The minimum Gasteiger partial charge on any atom is -0.398 e. The highest BCUT2D eigenvalue weighted by molar-refractivity contribution is 6.30. The zero-order valence-corrected chi connectivity index (χ0v) is 15.5. The van der Waals surface area contributed by atoms with Crippen LogP contribution in [0.1, 0.15) is 22.7 Å². The number of carbonyl (C=O) groups excluding carboxylic acids is 1. The average molecular weight is 402 g/mol. The van der Waals surface area contributed by atoms with E-state index in [2.05, 4.69) is 5.32 Å². The number of nitrogen functional groups attached to an aromatic ring is 1. The number of nitrogens with one attached hydrogen (secondary N) is 1. The lowest BCUT2D eigenvalue weighted by Gasteiger charge is -2.17. The van der Waals surface area contributed by atoms with Crippen LogP contribution >= 0.6 is 11.6 Å². The lowest BCUT2D eigenvalue weighted by molar-refractivity contribution is -0.115. The quantitative estimate of drug-likeness (QED) is 0.437. The van der Waals surface area contributed by atoms with Crippen molar-refractivity contribution in [1.82, 2.24) is 0 Å². The minimum atomic E-state index is -0.944. The van der Waals surface area contributed by atoms with Crippen LogP contribution in [0.5, 0.6) is 0 Å². The summed E-state index contributed by atoms with van der Waals surface area (Å²) in [6.45, 7) is 0. The third-order valence-corrected chi connectivity index (χ3v) is 4.63. The van der Waals surface area contributed by atoms with Gasteiger partial charge in [0.05, 0.1) is 17.5 Å². The topological polar surface area (TPSA) is 81.1 Å². The van der Waals surface area contributed by atoms with Gasteiger partial charge in [0.15, 0.2) is 0 Å². The van der Waals surface area contributed by atoms with Crippen molar-refractivity contribution in [2.45, 2.75) is 12.5 Å². The van der Waals surface area contributed by atoms with Gasteiger partial charge >= 0.3 is 0 Å². The summed E-state index contributed by atoms with van der Waals surface area (Å²) in [5, 5.41) is 2.37. The van der Waals surface area contributed by atoms with E-state index >= 15 is 0 Å². The number of hydrogen-bond donors (Lipinski definition) is 3. The second-order valence-corrected chi connectivity index (χ2v) is 6.69. The highest BCUT2D eigenvalue weighted by Gasteiger charge is 2.17. The van der Waals surface area contributed by atoms with Gasteiger partial charge in [0.1, 0.15) is 11.6 Å². The zero-order chi connectivity index (χ0) is 20.3. The summed E-state index contributed by atoms with van der Waals surface area (Å²) in [6.07, 6.45) is -0.497. The Bertz CT molecular complexity index is 1010. The highest BCUT2D eigenvalue weighted by atomic mass is 35.5. The van der Waals surface area contributed by atoms with Crippen molar-refractivity contribution in [2.75, 3.05) is 11.1 Å². The summed E-state index contributed by atoms with van der Waals surface area (Å²) < 4.78 is 27.8. The maximum Gasteiger partial charge on any atom is 0.229 e. The number of nitrogens with two attached hydrogens (primary N) is 2. The van der Waals surface area contributed by atoms with Gasteiger partial charge in [-0.2, -0.15) is 0 Å². The second kappa shape index (κ2) is 8.37. The van der Waals surface area contributed by atoms with Crippen LogP contribution < -0.4 is 16.8 Å². The molecule has 0 aliphatic heterocycles. The Kier molecular flexibility index (Phi) is 5.92. The lowest BCUT2D eigenvalue weighted by atomic mass is 9.97. The second-order valence-electron chi connectivity index (χ2n) is 6.28. The van der Waals surface area contributed by atoms with Gasteiger partial charge in [0.25, 0.3) is 0 Å². The van der Waals surface area contributed by atoms with Gasteiger partial charge in [0.2, 0.25) is 5.91 Å². The molecule has 3 aromatic carbocycles. The fourth-order valence-electron chi connectivity index (χ4n) is 2.86. The monoisotopic (exact) mass is 401 g/mol. The Balaban J connectivity index is 1.80. The van der Waals surface area contributed by atoms with Crippen molar-refractivity contribution in [2.24, 2.45) is 5.73 Å². The van der Waals surface area contributed by atoms with Gasteiger partial charge in [-0.3, -0.25) is 4.79 Å². The first kappa shape index (κ1) is 19.8. The smallest absolute Gasteiger partial charge is 0.229 e. The van der Waals surface area contributed by atoms with Crippen LogP contribution in [0.3, 0.4) is 0 Å². The molecular formula is C21H18ClF2N3O. The first-order chi connectivity index (χ1) is 13.4. The third-order valence-electron chi connectivity index (χ3n) is 4.34. The maximum atomic E-state index is 14.0. The van der Waals surface area contributed by atoms with Gasteiger partial charge < -0.3 is 16.8 Å². The van der Waals surface area contributed by atoms with Crippen molar-refractivity contribution < 1.29 is 13.6 Å². The van der Waals surface area contributed by atoms with Crippen LogP contribution in [-0.4, -0.2) is 5.91 Å². The van der Waals surface area contributed by atoms with E-state index in [1.165, 1.54) is 0 Å². The molecule has 3 rings (SSSR count). The first-order valence-electron chi connectivity index (χ1n) is 8.49. The fourth-order valence-corrected chi connectivity index (χ4v) is 3.04. The molecule has 7 heteroatoms. The summed E-state index contributed by atoms with van der Waals surface area (Å²) in [5.41, 5.74) is 14.3. The Morgan fingerprint density at radius 3 is 2.50 bits per heavy atom. The summed E-state index contributed by atoms with van der Waals surface area (Å²) in [6, 6.07) is 15.9. The molecule has 144 valence electrons. The summed E-state index contributed by atoms with van der Waals surface area (Å²) >= 11 is 5.66. The van der Waals surface area contributed by atoms with Crippen LogP contribution in [0, 0.1) is 11.6 Å². The molecule has 0 radical (unpaired) electrons. The largest absolute Gasteiger partial charge is 0.398 e. The molecular weight excluding hydrogens is 384 g/mol. The van der Waals surface area contributed by atoms with E-state index < -0.39 is 30.0 Å². The summed E-state index contributed by atoms with van der Waals surface area (Å²) in [4.78, 5) is 12.3.